The number of rotatable bonds is 7. The van der Waals surface area contributed by atoms with E-state index in [1.807, 2.05) is 12.2 Å². The van der Waals surface area contributed by atoms with E-state index >= 15 is 0 Å². The molecule has 0 fully saturated rings. The summed E-state index contributed by atoms with van der Waals surface area (Å²) in [4.78, 5) is 0. The number of hydrogen-bond donors (Lipinski definition) is 0. The molecule has 0 N–H and O–H groups in total. The van der Waals surface area contributed by atoms with Gasteiger partial charge in [-0.3, -0.25) is 0 Å². The van der Waals surface area contributed by atoms with Crippen LogP contribution in [0.4, 0.5) is 0 Å². The molecule has 0 radical (unpaired) electrons. The Labute approximate surface area is 147 Å². The molecule has 0 spiro atoms. The zero-order valence-electron chi connectivity index (χ0n) is 15.0. The first-order valence-corrected chi connectivity index (χ1v) is 10.4. The molecule has 0 bridgehead atoms. The van der Waals surface area contributed by atoms with Gasteiger partial charge >= 0.3 is 0 Å². The van der Waals surface area contributed by atoms with E-state index in [1.54, 1.807) is 0 Å². The maximum Gasteiger partial charge on any atom is 0.261 e. The lowest BCUT2D eigenvalue weighted by molar-refractivity contribution is 0.236. The van der Waals surface area contributed by atoms with Gasteiger partial charge in [-0.2, -0.15) is 0 Å². The molecule has 0 saturated carbocycles. The van der Waals surface area contributed by atoms with Crippen LogP contribution in [0.5, 0.6) is 0 Å². The van der Waals surface area contributed by atoms with Gasteiger partial charge in [0.1, 0.15) is 0 Å². The SMILES string of the molecule is C=CCC(C=C)O[Si](c1ccccc1)(c1ccccc1)C(C)(C)C. The Bertz CT molecular complexity index is 616. The Balaban J connectivity index is 2.70. The van der Waals surface area contributed by atoms with Crippen LogP contribution in [0.3, 0.4) is 0 Å². The largest absolute Gasteiger partial charge is 0.401 e. The highest BCUT2D eigenvalue weighted by Crippen LogP contribution is 2.37. The van der Waals surface area contributed by atoms with Gasteiger partial charge in [0.25, 0.3) is 8.32 Å². The molecule has 2 aromatic carbocycles. The third kappa shape index (κ3) is 3.60. The summed E-state index contributed by atoms with van der Waals surface area (Å²) in [7, 11) is -2.49. The molecule has 0 aliphatic rings. The average Bonchev–Trinajstić information content (AvgIpc) is 2.59. The van der Waals surface area contributed by atoms with Gasteiger partial charge in [-0.25, -0.2) is 0 Å². The first-order valence-electron chi connectivity index (χ1n) is 8.48. The monoisotopic (exact) mass is 336 g/mol. The molecule has 1 nitrogen and oxygen atoms in total. The summed E-state index contributed by atoms with van der Waals surface area (Å²) in [6.45, 7) is 14.7. The van der Waals surface area contributed by atoms with Crippen LogP contribution < -0.4 is 10.4 Å². The summed E-state index contributed by atoms with van der Waals surface area (Å²) in [5.41, 5.74) is 0. The highest BCUT2D eigenvalue weighted by Gasteiger charge is 2.51. The molecule has 126 valence electrons. The summed E-state index contributed by atoms with van der Waals surface area (Å²) < 4.78 is 6.91. The van der Waals surface area contributed by atoms with Gasteiger partial charge in [-0.05, 0) is 21.8 Å². The molecule has 2 aromatic rings. The van der Waals surface area contributed by atoms with Crippen LogP contribution in [0, 0.1) is 0 Å². The quantitative estimate of drug-likeness (QED) is 0.526. The van der Waals surface area contributed by atoms with Crippen molar-refractivity contribution in [3.8, 4) is 0 Å². The smallest absolute Gasteiger partial charge is 0.261 e. The molecule has 2 rings (SSSR count). The minimum Gasteiger partial charge on any atom is -0.401 e. The molecule has 0 aliphatic carbocycles. The Hall–Kier alpha value is -1.90. The Morgan fingerprint density at radius 1 is 0.917 bits per heavy atom. The third-order valence-corrected chi connectivity index (χ3v) is 9.47. The van der Waals surface area contributed by atoms with Crippen molar-refractivity contribution in [2.45, 2.75) is 38.3 Å². The highest BCUT2D eigenvalue weighted by molar-refractivity contribution is 6.99. The van der Waals surface area contributed by atoms with Gasteiger partial charge in [-0.15, -0.1) is 13.2 Å². The lowest BCUT2D eigenvalue weighted by Gasteiger charge is -2.44. The molecule has 0 aliphatic heterocycles. The van der Waals surface area contributed by atoms with Crippen molar-refractivity contribution < 1.29 is 4.43 Å². The summed E-state index contributed by atoms with van der Waals surface area (Å²) in [5.74, 6) is 0. The van der Waals surface area contributed by atoms with E-state index in [0.29, 0.717) is 0 Å². The van der Waals surface area contributed by atoms with Crippen molar-refractivity contribution in [2.24, 2.45) is 0 Å². The highest BCUT2D eigenvalue weighted by atomic mass is 28.4. The van der Waals surface area contributed by atoms with Crippen LogP contribution >= 0.6 is 0 Å². The maximum absolute atomic E-state index is 6.91. The van der Waals surface area contributed by atoms with E-state index in [0.717, 1.165) is 6.42 Å². The van der Waals surface area contributed by atoms with Crippen LogP contribution in [0.25, 0.3) is 0 Å². The molecule has 2 heteroatoms. The molecule has 1 atom stereocenters. The standard InChI is InChI=1S/C22H28OSi/c1-6-14-19(7-2)23-24(22(3,4)5,20-15-10-8-11-16-20)21-17-12-9-13-18-21/h6-13,15-19H,1-2,14H2,3-5H3. The Morgan fingerprint density at radius 3 is 1.71 bits per heavy atom. The van der Waals surface area contributed by atoms with Crippen molar-refractivity contribution >= 4 is 18.7 Å². The second-order valence-corrected chi connectivity index (χ2v) is 11.3. The maximum atomic E-state index is 6.91. The Morgan fingerprint density at radius 2 is 1.38 bits per heavy atom. The lowest BCUT2D eigenvalue weighted by Crippen LogP contribution is -2.67. The van der Waals surface area contributed by atoms with Crippen LogP contribution in [-0.2, 0) is 4.43 Å². The second kappa shape index (κ2) is 7.78. The van der Waals surface area contributed by atoms with Crippen molar-refractivity contribution in [3.63, 3.8) is 0 Å². The molecule has 24 heavy (non-hydrogen) atoms. The molecule has 0 amide bonds. The fourth-order valence-electron chi connectivity index (χ4n) is 3.28. The fraction of sp³-hybridized carbons (Fsp3) is 0.273. The van der Waals surface area contributed by atoms with Crippen LogP contribution in [0.15, 0.2) is 86.0 Å². The van der Waals surface area contributed by atoms with Gasteiger partial charge in [0.15, 0.2) is 0 Å². The molecule has 1 unspecified atom stereocenters. The first-order chi connectivity index (χ1) is 11.5. The average molecular weight is 337 g/mol. The van der Waals surface area contributed by atoms with E-state index in [2.05, 4.69) is 94.6 Å². The summed E-state index contributed by atoms with van der Waals surface area (Å²) in [6, 6.07) is 21.4. The fourth-order valence-corrected chi connectivity index (χ4v) is 7.94. The van der Waals surface area contributed by atoms with Crippen molar-refractivity contribution in [3.05, 3.63) is 86.0 Å². The van der Waals surface area contributed by atoms with Crippen LogP contribution in [0.2, 0.25) is 5.04 Å². The minimum atomic E-state index is -2.49. The van der Waals surface area contributed by atoms with Crippen molar-refractivity contribution in [1.29, 1.82) is 0 Å². The van der Waals surface area contributed by atoms with Gasteiger partial charge in [0.05, 0.1) is 6.10 Å². The van der Waals surface area contributed by atoms with Crippen molar-refractivity contribution in [2.75, 3.05) is 0 Å². The lowest BCUT2D eigenvalue weighted by atomic mass is 10.2. The van der Waals surface area contributed by atoms with Gasteiger partial charge in [-0.1, -0.05) is 93.6 Å². The zero-order valence-corrected chi connectivity index (χ0v) is 16.0. The summed E-state index contributed by atoms with van der Waals surface area (Å²) >= 11 is 0. The van der Waals surface area contributed by atoms with E-state index < -0.39 is 8.32 Å². The predicted molar refractivity (Wildman–Crippen MR) is 108 cm³/mol. The van der Waals surface area contributed by atoms with E-state index in [4.69, 9.17) is 4.43 Å². The number of benzene rings is 2. The summed E-state index contributed by atoms with van der Waals surface area (Å²) in [5, 5.41) is 2.57. The molecule has 0 heterocycles. The van der Waals surface area contributed by atoms with E-state index in [1.165, 1.54) is 10.4 Å². The molecular weight excluding hydrogens is 308 g/mol. The Kier molecular flexibility index (Phi) is 5.98. The second-order valence-electron chi connectivity index (χ2n) is 7.08. The minimum absolute atomic E-state index is 0.0157. The normalized spacial score (nSPS) is 13.3. The van der Waals surface area contributed by atoms with E-state index in [9.17, 15) is 0 Å². The first kappa shape index (κ1) is 18.4. The van der Waals surface area contributed by atoms with Crippen LogP contribution in [-0.4, -0.2) is 14.4 Å². The van der Waals surface area contributed by atoms with Gasteiger partial charge in [0.2, 0.25) is 0 Å². The topological polar surface area (TPSA) is 9.23 Å². The molecular formula is C22H28OSi. The third-order valence-electron chi connectivity index (χ3n) is 4.41. The zero-order chi connectivity index (χ0) is 17.6. The molecule has 0 aromatic heterocycles. The van der Waals surface area contributed by atoms with Gasteiger partial charge in [0, 0.05) is 0 Å². The van der Waals surface area contributed by atoms with Crippen LogP contribution in [0.1, 0.15) is 27.2 Å². The van der Waals surface area contributed by atoms with E-state index in [-0.39, 0.29) is 11.1 Å². The van der Waals surface area contributed by atoms with Gasteiger partial charge < -0.3 is 4.43 Å². The number of hydrogen-bond acceptors (Lipinski definition) is 1. The predicted octanol–water partition coefficient (Wildman–Crippen LogP) is 4.69. The molecule has 0 saturated heterocycles. The summed E-state index contributed by atoms with van der Waals surface area (Å²) in [6.07, 6.45) is 4.55. The van der Waals surface area contributed by atoms with Crippen molar-refractivity contribution in [1.82, 2.24) is 0 Å².